The van der Waals surface area contributed by atoms with Crippen molar-refractivity contribution in [1.29, 1.82) is 0 Å². The second-order valence-corrected chi connectivity index (χ2v) is 7.83. The molecule has 0 radical (unpaired) electrons. The van der Waals surface area contributed by atoms with Crippen molar-refractivity contribution in [3.05, 3.63) is 42.5 Å². The molecule has 150 valence electrons. The fourth-order valence-electron chi connectivity index (χ4n) is 2.92. The van der Waals surface area contributed by atoms with Gasteiger partial charge >= 0.3 is 6.09 Å². The number of pyridine rings is 1. The highest BCUT2D eigenvalue weighted by atomic mass is 16.6. The lowest BCUT2D eigenvalue weighted by molar-refractivity contribution is 0.0218. The summed E-state index contributed by atoms with van der Waals surface area (Å²) < 4.78 is 11.2. The van der Waals surface area contributed by atoms with Crippen molar-refractivity contribution < 1.29 is 14.3 Å². The van der Waals surface area contributed by atoms with Crippen LogP contribution in [0.2, 0.25) is 0 Å². The quantitative estimate of drug-likeness (QED) is 0.800. The normalized spacial score (nSPS) is 17.4. The van der Waals surface area contributed by atoms with Gasteiger partial charge in [-0.1, -0.05) is 0 Å². The summed E-state index contributed by atoms with van der Waals surface area (Å²) in [6.45, 7) is 9.90. The molecule has 1 fully saturated rings. The Bertz CT molecular complexity index is 777. The lowest BCUT2D eigenvalue weighted by Crippen LogP contribution is -2.55. The largest absolute Gasteiger partial charge is 0.486 e. The van der Waals surface area contributed by atoms with Crippen molar-refractivity contribution in [3.63, 3.8) is 0 Å². The first-order valence-electron chi connectivity index (χ1n) is 9.40. The molecule has 1 saturated heterocycles. The first-order valence-corrected chi connectivity index (χ1v) is 9.40. The fourth-order valence-corrected chi connectivity index (χ4v) is 2.92. The Labute approximate surface area is 165 Å². The third kappa shape index (κ3) is 5.31. The molecule has 1 aliphatic rings. The summed E-state index contributed by atoms with van der Waals surface area (Å²) in [6, 6.07) is 3.90. The molecule has 0 aliphatic carbocycles. The van der Waals surface area contributed by atoms with E-state index in [0.717, 1.165) is 5.56 Å². The van der Waals surface area contributed by atoms with Gasteiger partial charge in [0, 0.05) is 38.1 Å². The second-order valence-electron chi connectivity index (χ2n) is 7.83. The van der Waals surface area contributed by atoms with Gasteiger partial charge in [-0.25, -0.2) is 14.8 Å². The topological polar surface area (TPSA) is 80.7 Å². The average Bonchev–Trinajstić information content (AvgIpc) is 2.66. The average molecular weight is 385 g/mol. The van der Waals surface area contributed by atoms with Gasteiger partial charge in [0.1, 0.15) is 12.2 Å². The highest BCUT2D eigenvalue weighted by Gasteiger charge is 2.30. The molecule has 1 atom stereocenters. The van der Waals surface area contributed by atoms with Crippen LogP contribution in [0.3, 0.4) is 0 Å². The minimum absolute atomic E-state index is 0.0878. The summed E-state index contributed by atoms with van der Waals surface area (Å²) in [6.07, 6.45) is 6.54. The molecule has 3 rings (SSSR count). The van der Waals surface area contributed by atoms with Gasteiger partial charge in [-0.3, -0.25) is 4.98 Å². The standard InChI is InChI=1S/C20H27N5O3/c1-15-13-24(19(26)28-20(2,3)4)9-10-25(15)18-22-11-17(12-23-18)27-14-16-5-7-21-8-6-16/h5-8,11-12,15H,9-10,13-14H2,1-4H3/t15-/m1/s1. The highest BCUT2D eigenvalue weighted by Crippen LogP contribution is 2.20. The van der Waals surface area contributed by atoms with E-state index >= 15 is 0 Å². The van der Waals surface area contributed by atoms with Crippen LogP contribution in [-0.2, 0) is 11.3 Å². The molecular weight excluding hydrogens is 358 g/mol. The van der Waals surface area contributed by atoms with Crippen LogP contribution in [0.1, 0.15) is 33.3 Å². The molecule has 8 heteroatoms. The Morgan fingerprint density at radius 3 is 2.46 bits per heavy atom. The molecule has 1 amide bonds. The Hall–Kier alpha value is -2.90. The molecule has 8 nitrogen and oxygen atoms in total. The van der Waals surface area contributed by atoms with Gasteiger partial charge in [0.25, 0.3) is 0 Å². The Balaban J connectivity index is 1.55. The van der Waals surface area contributed by atoms with Crippen LogP contribution >= 0.6 is 0 Å². The summed E-state index contributed by atoms with van der Waals surface area (Å²) in [7, 11) is 0. The number of rotatable bonds is 4. The summed E-state index contributed by atoms with van der Waals surface area (Å²) in [5, 5.41) is 0. The van der Waals surface area contributed by atoms with E-state index < -0.39 is 5.60 Å². The molecule has 1 aliphatic heterocycles. The van der Waals surface area contributed by atoms with E-state index in [1.54, 1.807) is 29.7 Å². The minimum atomic E-state index is -0.493. The van der Waals surface area contributed by atoms with E-state index in [-0.39, 0.29) is 12.1 Å². The second kappa shape index (κ2) is 8.41. The maximum absolute atomic E-state index is 12.3. The number of ether oxygens (including phenoxy) is 2. The molecule has 0 aromatic carbocycles. The monoisotopic (exact) mass is 385 g/mol. The van der Waals surface area contributed by atoms with E-state index in [1.807, 2.05) is 39.8 Å². The van der Waals surface area contributed by atoms with Crippen LogP contribution < -0.4 is 9.64 Å². The van der Waals surface area contributed by atoms with Gasteiger partial charge in [0.05, 0.1) is 12.4 Å². The third-order valence-electron chi connectivity index (χ3n) is 4.31. The molecule has 0 N–H and O–H groups in total. The number of aromatic nitrogens is 3. The van der Waals surface area contributed by atoms with E-state index in [1.165, 1.54) is 0 Å². The lowest BCUT2D eigenvalue weighted by atomic mass is 10.2. The number of hydrogen-bond donors (Lipinski definition) is 0. The van der Waals surface area contributed by atoms with Crippen LogP contribution in [0.4, 0.5) is 10.7 Å². The van der Waals surface area contributed by atoms with Gasteiger partial charge in [0.15, 0.2) is 5.75 Å². The number of carbonyl (C=O) groups excluding carboxylic acids is 1. The van der Waals surface area contributed by atoms with Crippen molar-refractivity contribution in [2.45, 2.75) is 45.9 Å². The molecule has 3 heterocycles. The van der Waals surface area contributed by atoms with Crippen molar-refractivity contribution in [3.8, 4) is 5.75 Å². The summed E-state index contributed by atoms with van der Waals surface area (Å²) in [5.74, 6) is 1.24. The maximum atomic E-state index is 12.3. The number of nitrogens with zero attached hydrogens (tertiary/aromatic N) is 5. The van der Waals surface area contributed by atoms with E-state index in [0.29, 0.717) is 37.9 Å². The molecule has 28 heavy (non-hydrogen) atoms. The van der Waals surface area contributed by atoms with Crippen LogP contribution in [0, 0.1) is 0 Å². The first kappa shape index (κ1) is 19.9. The number of amides is 1. The van der Waals surface area contributed by atoms with Crippen molar-refractivity contribution >= 4 is 12.0 Å². The smallest absolute Gasteiger partial charge is 0.410 e. The number of carbonyl (C=O) groups is 1. The molecule has 0 unspecified atom stereocenters. The van der Waals surface area contributed by atoms with Gasteiger partial charge in [-0.15, -0.1) is 0 Å². The minimum Gasteiger partial charge on any atom is -0.486 e. The molecule has 2 aromatic heterocycles. The maximum Gasteiger partial charge on any atom is 0.410 e. The van der Waals surface area contributed by atoms with Crippen LogP contribution in [0.5, 0.6) is 5.75 Å². The van der Waals surface area contributed by atoms with Gasteiger partial charge in [-0.2, -0.15) is 0 Å². The SMILES string of the molecule is C[C@@H]1CN(C(=O)OC(C)(C)C)CCN1c1ncc(OCc2ccncc2)cn1. The highest BCUT2D eigenvalue weighted by molar-refractivity contribution is 5.68. The predicted molar refractivity (Wildman–Crippen MR) is 105 cm³/mol. The summed E-state index contributed by atoms with van der Waals surface area (Å²) >= 11 is 0. The summed E-state index contributed by atoms with van der Waals surface area (Å²) in [4.78, 5) is 29.0. The van der Waals surface area contributed by atoms with Crippen molar-refractivity contribution in [1.82, 2.24) is 19.9 Å². The van der Waals surface area contributed by atoms with E-state index in [9.17, 15) is 4.79 Å². The number of anilines is 1. The van der Waals surface area contributed by atoms with Crippen LogP contribution in [0.15, 0.2) is 36.9 Å². The Morgan fingerprint density at radius 1 is 1.18 bits per heavy atom. The fraction of sp³-hybridized carbons (Fsp3) is 0.500. The zero-order valence-electron chi connectivity index (χ0n) is 16.8. The van der Waals surface area contributed by atoms with Crippen molar-refractivity contribution in [2.24, 2.45) is 0 Å². The molecular formula is C20H27N5O3. The zero-order chi connectivity index (χ0) is 20.1. The first-order chi connectivity index (χ1) is 13.3. The third-order valence-corrected chi connectivity index (χ3v) is 4.31. The predicted octanol–water partition coefficient (Wildman–Crippen LogP) is 2.90. The summed E-state index contributed by atoms with van der Waals surface area (Å²) in [5.41, 5.74) is 0.540. The van der Waals surface area contributed by atoms with Crippen molar-refractivity contribution in [2.75, 3.05) is 24.5 Å². The molecule has 0 saturated carbocycles. The molecule has 2 aromatic rings. The zero-order valence-corrected chi connectivity index (χ0v) is 16.8. The number of piperazine rings is 1. The van der Waals surface area contributed by atoms with Crippen LogP contribution in [-0.4, -0.2) is 57.2 Å². The van der Waals surface area contributed by atoms with Gasteiger partial charge in [-0.05, 0) is 45.4 Å². The van der Waals surface area contributed by atoms with Crippen LogP contribution in [0.25, 0.3) is 0 Å². The lowest BCUT2D eigenvalue weighted by Gasteiger charge is -2.40. The Kier molecular flexibility index (Phi) is 5.96. The molecule has 0 spiro atoms. The van der Waals surface area contributed by atoms with Gasteiger partial charge in [0.2, 0.25) is 5.95 Å². The number of hydrogen-bond acceptors (Lipinski definition) is 7. The van der Waals surface area contributed by atoms with Gasteiger partial charge < -0.3 is 19.3 Å². The Morgan fingerprint density at radius 2 is 1.86 bits per heavy atom. The van der Waals surface area contributed by atoms with E-state index in [2.05, 4.69) is 19.9 Å². The van der Waals surface area contributed by atoms with E-state index in [4.69, 9.17) is 9.47 Å². The molecule has 0 bridgehead atoms.